The van der Waals surface area contributed by atoms with Crippen molar-refractivity contribution >= 4 is 28.3 Å². The van der Waals surface area contributed by atoms with Gasteiger partial charge in [0.25, 0.3) is 5.91 Å². The Balaban J connectivity index is 0.00000171. The molecule has 3 aromatic heterocycles. The molecule has 35 heavy (non-hydrogen) atoms. The second-order valence-corrected chi connectivity index (χ2v) is 8.16. The predicted molar refractivity (Wildman–Crippen MR) is 127 cm³/mol. The number of benzene rings is 1. The molecular weight excluding hydrogens is 464 g/mol. The summed E-state index contributed by atoms with van der Waals surface area (Å²) >= 11 is 0. The number of carbonyl (C=O) groups is 1. The summed E-state index contributed by atoms with van der Waals surface area (Å²) in [5, 5.41) is 13.0. The van der Waals surface area contributed by atoms with Crippen LogP contribution in [0.3, 0.4) is 0 Å². The molecule has 1 aliphatic rings. The monoisotopic (exact) mass is 492 g/mol. The van der Waals surface area contributed by atoms with Gasteiger partial charge in [0.2, 0.25) is 0 Å². The third-order valence-electron chi connectivity index (χ3n) is 5.95. The number of halogens is 4. The Bertz CT molecular complexity index is 1320. The lowest BCUT2D eigenvalue weighted by Crippen LogP contribution is -2.40. The summed E-state index contributed by atoms with van der Waals surface area (Å²) in [5.74, 6) is -0.422. The zero-order valence-corrected chi connectivity index (χ0v) is 17.3. The topological polar surface area (TPSA) is 87.1 Å². The zero-order chi connectivity index (χ0) is 23.2. The highest BCUT2D eigenvalue weighted by Crippen LogP contribution is 2.30. The average Bonchev–Trinajstić information content (AvgIpc) is 3.41. The molecule has 188 valence electrons. The first-order valence-electron chi connectivity index (χ1n) is 10.5. The zero-order valence-electron chi connectivity index (χ0n) is 17.3. The number of imidazole rings is 1. The first kappa shape index (κ1) is 26.0. The molecule has 1 aromatic carbocycles. The smallest absolute Gasteiger partial charge is 0.368 e. The number of aromatic nitrogens is 4. The lowest BCUT2D eigenvalue weighted by atomic mass is 9.91. The quantitative estimate of drug-likeness (QED) is 0.315. The Labute approximate surface area is 199 Å². The minimum atomic E-state index is -4.51. The van der Waals surface area contributed by atoms with Gasteiger partial charge in [-0.1, -0.05) is 27.0 Å². The number of amides is 1. The number of rotatable bonds is 4. The Hall–Kier alpha value is -3.63. The number of anilines is 1. The highest BCUT2D eigenvalue weighted by molar-refractivity contribution is 6.04. The van der Waals surface area contributed by atoms with Gasteiger partial charge in [0.05, 0.1) is 10.9 Å². The summed E-state index contributed by atoms with van der Waals surface area (Å²) in [4.78, 5) is 16.3. The van der Waals surface area contributed by atoms with E-state index in [0.717, 1.165) is 6.20 Å². The number of alkyl halides is 3. The number of nitrogens with one attached hydrogen (secondary N) is 3. The highest BCUT2D eigenvalue weighted by Gasteiger charge is 2.34. The van der Waals surface area contributed by atoms with Crippen LogP contribution in [0.5, 0.6) is 0 Å². The molecule has 0 bridgehead atoms. The van der Waals surface area contributed by atoms with Gasteiger partial charge in [-0.25, -0.2) is 9.37 Å². The van der Waals surface area contributed by atoms with E-state index in [1.54, 1.807) is 24.3 Å². The number of hydrogen-bond donors (Lipinski definition) is 3. The third-order valence-corrected chi connectivity index (χ3v) is 5.95. The molecule has 1 amide bonds. The summed E-state index contributed by atoms with van der Waals surface area (Å²) in [7, 11) is 0. The number of H-pyrrole nitrogens is 1. The number of pyridine rings is 1. The Morgan fingerprint density at radius 1 is 1.03 bits per heavy atom. The first-order chi connectivity index (χ1) is 15.8. The van der Waals surface area contributed by atoms with Crippen molar-refractivity contribution in [1.82, 2.24) is 24.9 Å². The molecule has 3 N–H and O–H groups in total. The van der Waals surface area contributed by atoms with E-state index in [1.165, 1.54) is 16.5 Å². The van der Waals surface area contributed by atoms with Gasteiger partial charge in [-0.05, 0) is 49.9 Å². The third kappa shape index (κ3) is 5.08. The standard InChI is InChI=1S/C22H20F4N6O.2CH4/c23-14-3-1-4-15-19(14)20(31-30-15)21(33)28-13-9-7-12(8-10-13)27-17-5-2-6-18-29-16(11-32(17)18)22(24,25)26;;/h1-6,11-13,27H,7-10H2,(H,28,33)(H,30,31);2*1H4. The normalized spacial score (nSPS) is 18.1. The molecule has 11 heteroatoms. The average molecular weight is 493 g/mol. The Kier molecular flexibility index (Phi) is 7.37. The minimum Gasteiger partial charge on any atom is -0.368 e. The number of carbonyl (C=O) groups excluding carboxylic acids is 1. The largest absolute Gasteiger partial charge is 0.434 e. The van der Waals surface area contributed by atoms with Crippen LogP contribution in [-0.4, -0.2) is 37.6 Å². The number of hydrogen-bond acceptors (Lipinski definition) is 4. The van der Waals surface area contributed by atoms with E-state index in [-0.39, 0.29) is 43.7 Å². The van der Waals surface area contributed by atoms with Crippen molar-refractivity contribution in [2.75, 3.05) is 5.32 Å². The van der Waals surface area contributed by atoms with Crippen LogP contribution in [0.2, 0.25) is 0 Å². The van der Waals surface area contributed by atoms with Crippen LogP contribution >= 0.6 is 0 Å². The molecule has 0 unspecified atom stereocenters. The molecule has 1 aliphatic carbocycles. The molecule has 0 saturated heterocycles. The van der Waals surface area contributed by atoms with Crippen molar-refractivity contribution in [3.8, 4) is 0 Å². The maximum Gasteiger partial charge on any atom is 0.434 e. The van der Waals surface area contributed by atoms with Gasteiger partial charge in [0.15, 0.2) is 11.4 Å². The van der Waals surface area contributed by atoms with Gasteiger partial charge in [-0.2, -0.15) is 18.3 Å². The fourth-order valence-electron chi connectivity index (χ4n) is 4.30. The summed E-state index contributed by atoms with van der Waals surface area (Å²) in [6, 6.07) is 9.29. The molecule has 0 atom stereocenters. The van der Waals surface area contributed by atoms with E-state index in [4.69, 9.17) is 0 Å². The molecule has 0 radical (unpaired) electrons. The lowest BCUT2D eigenvalue weighted by Gasteiger charge is -2.30. The molecule has 4 aromatic rings. The fraction of sp³-hybridized carbons (Fsp3) is 0.375. The van der Waals surface area contributed by atoms with Gasteiger partial charge in [0, 0.05) is 18.3 Å². The van der Waals surface area contributed by atoms with Gasteiger partial charge < -0.3 is 10.6 Å². The molecule has 0 spiro atoms. The van der Waals surface area contributed by atoms with Crippen LogP contribution in [-0.2, 0) is 6.18 Å². The van der Waals surface area contributed by atoms with Crippen molar-refractivity contribution in [1.29, 1.82) is 0 Å². The second kappa shape index (κ2) is 9.93. The summed E-state index contributed by atoms with van der Waals surface area (Å²) in [5.41, 5.74) is -0.247. The van der Waals surface area contributed by atoms with Crippen LogP contribution < -0.4 is 10.6 Å². The van der Waals surface area contributed by atoms with Crippen molar-refractivity contribution in [3.63, 3.8) is 0 Å². The van der Waals surface area contributed by atoms with E-state index in [9.17, 15) is 22.4 Å². The molecule has 1 fully saturated rings. The molecule has 1 saturated carbocycles. The molecule has 5 rings (SSSR count). The Morgan fingerprint density at radius 2 is 1.71 bits per heavy atom. The molecular formula is C24H28F4N6O. The Morgan fingerprint density at radius 3 is 2.43 bits per heavy atom. The minimum absolute atomic E-state index is 0. The molecule has 3 heterocycles. The summed E-state index contributed by atoms with van der Waals surface area (Å²) in [6.07, 6.45) is -0.779. The van der Waals surface area contributed by atoms with Crippen molar-refractivity contribution in [3.05, 3.63) is 59.8 Å². The maximum atomic E-state index is 14.1. The van der Waals surface area contributed by atoms with E-state index in [0.29, 0.717) is 37.0 Å². The highest BCUT2D eigenvalue weighted by atomic mass is 19.4. The van der Waals surface area contributed by atoms with E-state index in [1.807, 2.05) is 0 Å². The number of aromatic amines is 1. The van der Waals surface area contributed by atoms with E-state index in [2.05, 4.69) is 25.8 Å². The SMILES string of the molecule is C.C.O=C(NC1CCC(Nc2cccc3nc(C(F)(F)F)cn23)CC1)c1n[nH]c2cccc(F)c12. The van der Waals surface area contributed by atoms with Crippen LogP contribution in [0, 0.1) is 5.82 Å². The van der Waals surface area contributed by atoms with Crippen LogP contribution in [0.25, 0.3) is 16.6 Å². The van der Waals surface area contributed by atoms with Gasteiger partial charge in [-0.3, -0.25) is 14.3 Å². The number of fused-ring (bicyclic) bond motifs is 2. The van der Waals surface area contributed by atoms with Crippen LogP contribution in [0.1, 0.15) is 56.7 Å². The maximum absolute atomic E-state index is 14.1. The molecule has 0 aliphatic heterocycles. The van der Waals surface area contributed by atoms with Gasteiger partial charge in [0.1, 0.15) is 17.3 Å². The van der Waals surface area contributed by atoms with Crippen LogP contribution in [0.4, 0.5) is 23.4 Å². The lowest BCUT2D eigenvalue weighted by molar-refractivity contribution is -0.140. The van der Waals surface area contributed by atoms with Crippen molar-refractivity contribution in [2.45, 2.75) is 58.8 Å². The summed E-state index contributed by atoms with van der Waals surface area (Å²) in [6.45, 7) is 0. The van der Waals surface area contributed by atoms with Crippen LogP contribution in [0.15, 0.2) is 42.6 Å². The van der Waals surface area contributed by atoms with E-state index < -0.39 is 23.6 Å². The van der Waals surface area contributed by atoms with Crippen molar-refractivity contribution < 1.29 is 22.4 Å². The number of nitrogens with zero attached hydrogens (tertiary/aromatic N) is 3. The van der Waals surface area contributed by atoms with Crippen molar-refractivity contribution in [2.24, 2.45) is 0 Å². The summed E-state index contributed by atoms with van der Waals surface area (Å²) < 4.78 is 54.6. The van der Waals surface area contributed by atoms with Gasteiger partial charge >= 0.3 is 6.18 Å². The van der Waals surface area contributed by atoms with Gasteiger partial charge in [-0.15, -0.1) is 0 Å². The van der Waals surface area contributed by atoms with E-state index >= 15 is 0 Å². The fourth-order valence-corrected chi connectivity index (χ4v) is 4.30. The second-order valence-electron chi connectivity index (χ2n) is 8.16. The molecule has 7 nitrogen and oxygen atoms in total. The first-order valence-corrected chi connectivity index (χ1v) is 10.5. The predicted octanol–water partition coefficient (Wildman–Crippen LogP) is 5.79.